The highest BCUT2D eigenvalue weighted by Gasteiger charge is 2.36. The molecule has 2 aromatic rings. The summed E-state index contributed by atoms with van der Waals surface area (Å²) >= 11 is 1.46. The maximum atomic E-state index is 12.8. The van der Waals surface area contributed by atoms with E-state index in [1.54, 1.807) is 26.1 Å². The Kier molecular flexibility index (Phi) is 5.51. The summed E-state index contributed by atoms with van der Waals surface area (Å²) in [6.45, 7) is 1.17. The van der Waals surface area contributed by atoms with Gasteiger partial charge in [0.05, 0.1) is 19.2 Å². The molecule has 0 bridgehead atoms. The van der Waals surface area contributed by atoms with Crippen molar-refractivity contribution >= 4 is 34.1 Å². The van der Waals surface area contributed by atoms with E-state index in [0.717, 1.165) is 21.8 Å². The third kappa shape index (κ3) is 3.67. The molecule has 7 nitrogen and oxygen atoms in total. The van der Waals surface area contributed by atoms with Crippen LogP contribution < -0.4 is 9.64 Å². The number of aryl methyl sites for hydroxylation is 1. The van der Waals surface area contributed by atoms with E-state index in [0.29, 0.717) is 42.9 Å². The van der Waals surface area contributed by atoms with Crippen molar-refractivity contribution in [2.24, 2.45) is 0 Å². The van der Waals surface area contributed by atoms with Gasteiger partial charge in [-0.1, -0.05) is 12.1 Å². The van der Waals surface area contributed by atoms with Crippen molar-refractivity contribution in [2.75, 3.05) is 39.2 Å². The number of carbonyl (C=O) groups excluding carboxylic acids is 3. The fourth-order valence-corrected chi connectivity index (χ4v) is 5.28. The predicted octanol–water partition coefficient (Wildman–Crippen LogP) is 2.32. The second-order valence-corrected chi connectivity index (χ2v) is 8.79. The van der Waals surface area contributed by atoms with Gasteiger partial charge in [0.25, 0.3) is 5.91 Å². The van der Waals surface area contributed by atoms with Crippen molar-refractivity contribution in [1.82, 2.24) is 9.80 Å². The molecule has 2 aliphatic heterocycles. The molecular formula is C22H25N3O4S. The number of likely N-dealkylation sites (N-methyl/N-ethyl adjacent to an activating group) is 2. The molecule has 2 aliphatic rings. The first-order chi connectivity index (χ1) is 14.4. The molecule has 0 fully saturated rings. The monoisotopic (exact) mass is 427 g/mol. The van der Waals surface area contributed by atoms with Gasteiger partial charge in [-0.3, -0.25) is 14.4 Å². The van der Waals surface area contributed by atoms with Crippen molar-refractivity contribution in [3.05, 3.63) is 45.8 Å². The number of nitrogens with zero attached hydrogens (tertiary/aromatic N) is 3. The van der Waals surface area contributed by atoms with Gasteiger partial charge >= 0.3 is 0 Å². The van der Waals surface area contributed by atoms with E-state index in [-0.39, 0.29) is 24.3 Å². The number of hydrogen-bond donors (Lipinski definition) is 0. The van der Waals surface area contributed by atoms with Gasteiger partial charge in [0.1, 0.15) is 17.3 Å². The molecule has 1 aromatic carbocycles. The molecule has 0 saturated carbocycles. The minimum absolute atomic E-state index is 0.0848. The SMILES string of the molecule is COc1ccc(CCC(=O)N2CCc3c(sc4c3C(=O)N(C)CC(=O)N4C)C2)cc1. The first-order valence-electron chi connectivity index (χ1n) is 9.96. The number of carbonyl (C=O) groups is 3. The van der Waals surface area contributed by atoms with Crippen molar-refractivity contribution in [3.63, 3.8) is 0 Å². The van der Waals surface area contributed by atoms with Gasteiger partial charge in [-0.2, -0.15) is 0 Å². The first kappa shape index (κ1) is 20.4. The van der Waals surface area contributed by atoms with Gasteiger partial charge in [0.2, 0.25) is 11.8 Å². The van der Waals surface area contributed by atoms with Gasteiger partial charge in [-0.25, -0.2) is 0 Å². The molecule has 8 heteroatoms. The zero-order chi connectivity index (χ0) is 21.4. The largest absolute Gasteiger partial charge is 0.497 e. The lowest BCUT2D eigenvalue weighted by molar-refractivity contribution is -0.132. The van der Waals surface area contributed by atoms with Crippen LogP contribution in [0.25, 0.3) is 0 Å². The molecule has 4 rings (SSSR count). The summed E-state index contributed by atoms with van der Waals surface area (Å²) in [5.41, 5.74) is 2.72. The summed E-state index contributed by atoms with van der Waals surface area (Å²) in [7, 11) is 5.00. The summed E-state index contributed by atoms with van der Waals surface area (Å²) in [5, 5.41) is 0.701. The Balaban J connectivity index is 1.48. The Morgan fingerprint density at radius 1 is 1.13 bits per heavy atom. The smallest absolute Gasteiger partial charge is 0.257 e. The topological polar surface area (TPSA) is 70.2 Å². The Morgan fingerprint density at radius 2 is 1.87 bits per heavy atom. The average Bonchev–Trinajstić information content (AvgIpc) is 3.11. The molecule has 0 radical (unpaired) electrons. The van der Waals surface area contributed by atoms with E-state index in [9.17, 15) is 14.4 Å². The molecule has 30 heavy (non-hydrogen) atoms. The van der Waals surface area contributed by atoms with Crippen LogP contribution in [0.2, 0.25) is 0 Å². The minimum Gasteiger partial charge on any atom is -0.497 e. The molecule has 0 N–H and O–H groups in total. The van der Waals surface area contributed by atoms with E-state index in [2.05, 4.69) is 0 Å². The second kappa shape index (κ2) is 8.10. The standard InChI is InChI=1S/C22H25N3O4S/c1-23-13-19(27)24(2)22-20(21(23)28)16-10-11-25(12-17(16)30-22)18(26)9-6-14-4-7-15(29-3)8-5-14/h4-5,7-8H,6,9-13H2,1-3H3. The molecule has 1 aromatic heterocycles. The van der Waals surface area contributed by atoms with Gasteiger partial charge in [-0.05, 0) is 36.1 Å². The van der Waals surface area contributed by atoms with Crippen LogP contribution in [0.3, 0.4) is 0 Å². The number of thiophene rings is 1. The maximum Gasteiger partial charge on any atom is 0.257 e. The molecule has 3 amide bonds. The minimum atomic E-state index is -0.112. The maximum absolute atomic E-state index is 12.8. The number of hydrogen-bond acceptors (Lipinski definition) is 5. The Bertz CT molecular complexity index is 999. The molecule has 0 atom stereocenters. The number of rotatable bonds is 4. The number of methoxy groups -OCH3 is 1. The van der Waals surface area contributed by atoms with Crippen molar-refractivity contribution in [2.45, 2.75) is 25.8 Å². The molecule has 0 spiro atoms. The summed E-state index contributed by atoms with van der Waals surface area (Å²) in [6.07, 6.45) is 1.75. The van der Waals surface area contributed by atoms with Crippen LogP contribution in [-0.2, 0) is 29.0 Å². The number of benzene rings is 1. The summed E-state index contributed by atoms with van der Waals surface area (Å²) in [4.78, 5) is 43.9. The highest BCUT2D eigenvalue weighted by molar-refractivity contribution is 7.17. The molecule has 0 unspecified atom stereocenters. The lowest BCUT2D eigenvalue weighted by Gasteiger charge is -2.27. The predicted molar refractivity (Wildman–Crippen MR) is 115 cm³/mol. The zero-order valence-corrected chi connectivity index (χ0v) is 18.3. The molecule has 158 valence electrons. The van der Waals surface area contributed by atoms with Crippen LogP contribution in [-0.4, -0.2) is 61.8 Å². The quantitative estimate of drug-likeness (QED) is 0.751. The lowest BCUT2D eigenvalue weighted by Crippen LogP contribution is -2.37. The Hall–Kier alpha value is -2.87. The van der Waals surface area contributed by atoms with Crippen LogP contribution in [0.4, 0.5) is 5.00 Å². The highest BCUT2D eigenvalue weighted by atomic mass is 32.1. The first-order valence-corrected chi connectivity index (χ1v) is 10.8. The normalized spacial score (nSPS) is 16.3. The second-order valence-electron chi connectivity index (χ2n) is 7.71. The van der Waals surface area contributed by atoms with Crippen LogP contribution in [0.15, 0.2) is 24.3 Å². The average molecular weight is 428 g/mol. The van der Waals surface area contributed by atoms with Crippen molar-refractivity contribution < 1.29 is 19.1 Å². The molecule has 0 aliphatic carbocycles. The summed E-state index contributed by atoms with van der Waals surface area (Å²) in [5.74, 6) is 0.692. The van der Waals surface area contributed by atoms with Crippen LogP contribution in [0, 0.1) is 0 Å². The van der Waals surface area contributed by atoms with E-state index in [4.69, 9.17) is 4.74 Å². The summed E-state index contributed by atoms with van der Waals surface area (Å²) < 4.78 is 5.17. The highest BCUT2D eigenvalue weighted by Crippen LogP contribution is 2.40. The van der Waals surface area contributed by atoms with Gasteiger partial charge in [0, 0.05) is 31.9 Å². The lowest BCUT2D eigenvalue weighted by atomic mass is 10.0. The summed E-state index contributed by atoms with van der Waals surface area (Å²) in [6, 6.07) is 7.76. The van der Waals surface area contributed by atoms with E-state index in [1.807, 2.05) is 29.2 Å². The Labute approximate surface area is 179 Å². The van der Waals surface area contributed by atoms with Gasteiger partial charge < -0.3 is 19.4 Å². The molecular weight excluding hydrogens is 402 g/mol. The fraction of sp³-hybridized carbons (Fsp3) is 0.409. The van der Waals surface area contributed by atoms with E-state index >= 15 is 0 Å². The Morgan fingerprint density at radius 3 is 2.57 bits per heavy atom. The fourth-order valence-electron chi connectivity index (χ4n) is 3.95. The van der Waals surface area contributed by atoms with Gasteiger partial charge in [0.15, 0.2) is 0 Å². The van der Waals surface area contributed by atoms with E-state index in [1.165, 1.54) is 16.2 Å². The van der Waals surface area contributed by atoms with Crippen molar-refractivity contribution in [3.8, 4) is 5.75 Å². The van der Waals surface area contributed by atoms with Crippen LogP contribution in [0.5, 0.6) is 5.75 Å². The molecule has 3 heterocycles. The zero-order valence-electron chi connectivity index (χ0n) is 17.4. The number of anilines is 1. The number of amides is 3. The number of fused-ring (bicyclic) bond motifs is 3. The van der Waals surface area contributed by atoms with Crippen molar-refractivity contribution in [1.29, 1.82) is 0 Å². The van der Waals surface area contributed by atoms with Crippen LogP contribution in [0.1, 0.15) is 32.8 Å². The third-order valence-electron chi connectivity index (χ3n) is 5.79. The van der Waals surface area contributed by atoms with E-state index < -0.39 is 0 Å². The number of ether oxygens (including phenoxy) is 1. The molecule has 0 saturated heterocycles. The van der Waals surface area contributed by atoms with Gasteiger partial charge in [-0.15, -0.1) is 11.3 Å². The third-order valence-corrected chi connectivity index (χ3v) is 7.08. The van der Waals surface area contributed by atoms with Crippen LogP contribution >= 0.6 is 11.3 Å².